The molecule has 0 unspecified atom stereocenters. The summed E-state index contributed by atoms with van der Waals surface area (Å²) < 4.78 is 0. The molecule has 0 aliphatic carbocycles. The van der Waals surface area contributed by atoms with Gasteiger partial charge in [-0.25, -0.2) is 0 Å². The number of likely N-dealkylation sites (N-methyl/N-ethyl adjacent to an activating group) is 1. The van der Waals surface area contributed by atoms with Crippen molar-refractivity contribution in [2.75, 3.05) is 13.1 Å². The molecule has 1 aromatic carbocycles. The van der Waals surface area contributed by atoms with Gasteiger partial charge in [-0.15, -0.1) is 0 Å². The van der Waals surface area contributed by atoms with E-state index in [1.54, 1.807) is 0 Å². The van der Waals surface area contributed by atoms with Gasteiger partial charge >= 0.3 is 0 Å². The van der Waals surface area contributed by atoms with E-state index < -0.39 is 4.92 Å². The van der Waals surface area contributed by atoms with Gasteiger partial charge in [0, 0.05) is 29.7 Å². The van der Waals surface area contributed by atoms with Crippen LogP contribution in [0.4, 0.5) is 5.69 Å². The van der Waals surface area contributed by atoms with E-state index in [9.17, 15) is 14.9 Å². The van der Waals surface area contributed by atoms with Crippen LogP contribution >= 0.6 is 11.6 Å². The smallest absolute Gasteiger partial charge is 0.273 e. The third-order valence-electron chi connectivity index (χ3n) is 2.21. The largest absolute Gasteiger partial charge is 0.355 e. The monoisotopic (exact) mass is 271 g/mol. The van der Waals surface area contributed by atoms with Crippen LogP contribution in [0.2, 0.25) is 5.02 Å². The van der Waals surface area contributed by atoms with E-state index in [0.717, 1.165) is 0 Å². The van der Waals surface area contributed by atoms with E-state index in [1.165, 1.54) is 18.2 Å². The number of nitro groups is 1. The van der Waals surface area contributed by atoms with Crippen molar-refractivity contribution >= 4 is 23.2 Å². The van der Waals surface area contributed by atoms with Crippen molar-refractivity contribution < 1.29 is 9.72 Å². The lowest BCUT2D eigenvalue weighted by Crippen LogP contribution is -2.33. The number of hydrogen-bond donors (Lipinski definition) is 2. The van der Waals surface area contributed by atoms with E-state index in [2.05, 4.69) is 10.6 Å². The predicted molar refractivity (Wildman–Crippen MR) is 68.5 cm³/mol. The van der Waals surface area contributed by atoms with Gasteiger partial charge in [0.1, 0.15) is 0 Å². The summed E-state index contributed by atoms with van der Waals surface area (Å²) in [5.41, 5.74) is 0.444. The third kappa shape index (κ3) is 4.31. The number of rotatable bonds is 6. The number of nitrogens with one attached hydrogen (secondary N) is 2. The summed E-state index contributed by atoms with van der Waals surface area (Å²) in [6.07, 6.45) is 0. The lowest BCUT2D eigenvalue weighted by atomic mass is 10.2. The van der Waals surface area contributed by atoms with Crippen molar-refractivity contribution in [3.05, 3.63) is 38.9 Å². The lowest BCUT2D eigenvalue weighted by Gasteiger charge is -2.06. The maximum absolute atomic E-state index is 11.2. The van der Waals surface area contributed by atoms with Crippen molar-refractivity contribution in [1.29, 1.82) is 0 Å². The maximum Gasteiger partial charge on any atom is 0.273 e. The number of carbonyl (C=O) groups excluding carboxylic acids is 1. The van der Waals surface area contributed by atoms with Crippen LogP contribution in [0.3, 0.4) is 0 Å². The summed E-state index contributed by atoms with van der Waals surface area (Å²) in [7, 11) is 0. The molecule has 0 spiro atoms. The second-order valence-corrected chi connectivity index (χ2v) is 4.02. The van der Waals surface area contributed by atoms with Gasteiger partial charge in [-0.2, -0.15) is 0 Å². The predicted octanol–water partition coefficient (Wildman–Crippen LogP) is 1.47. The molecule has 7 heteroatoms. The molecule has 1 amide bonds. The zero-order valence-corrected chi connectivity index (χ0v) is 10.7. The number of hydrogen-bond acceptors (Lipinski definition) is 4. The summed E-state index contributed by atoms with van der Waals surface area (Å²) in [5, 5.41) is 16.7. The molecule has 18 heavy (non-hydrogen) atoms. The van der Waals surface area contributed by atoms with E-state index >= 15 is 0 Å². The first-order valence-corrected chi connectivity index (χ1v) is 5.82. The first-order chi connectivity index (χ1) is 8.54. The van der Waals surface area contributed by atoms with Crippen molar-refractivity contribution in [1.82, 2.24) is 10.6 Å². The fourth-order valence-electron chi connectivity index (χ4n) is 1.44. The number of benzene rings is 1. The first kappa shape index (κ1) is 14.4. The topological polar surface area (TPSA) is 84.3 Å². The molecule has 2 N–H and O–H groups in total. The minimum atomic E-state index is -0.473. The molecule has 0 saturated carbocycles. The standard InChI is InChI=1S/C11H14ClN3O3/c1-2-14-11(16)7-13-6-8-5-9(12)3-4-10(8)15(17)18/h3-5,13H,2,6-7H2,1H3,(H,14,16). The molecule has 1 aromatic rings. The summed E-state index contributed by atoms with van der Waals surface area (Å²) in [6, 6.07) is 4.34. The molecule has 98 valence electrons. The number of carbonyl (C=O) groups is 1. The van der Waals surface area contributed by atoms with Gasteiger partial charge in [-0.1, -0.05) is 11.6 Å². The molecular weight excluding hydrogens is 258 g/mol. The summed E-state index contributed by atoms with van der Waals surface area (Å²) >= 11 is 5.78. The van der Waals surface area contributed by atoms with E-state index in [-0.39, 0.29) is 24.7 Å². The Hall–Kier alpha value is -1.66. The van der Waals surface area contributed by atoms with Crippen molar-refractivity contribution in [2.45, 2.75) is 13.5 Å². The van der Waals surface area contributed by atoms with Crippen LogP contribution in [-0.4, -0.2) is 23.9 Å². The van der Waals surface area contributed by atoms with Crippen LogP contribution in [0, 0.1) is 10.1 Å². The number of amides is 1. The summed E-state index contributed by atoms with van der Waals surface area (Å²) in [6.45, 7) is 2.70. The molecule has 0 aliphatic heterocycles. The number of halogens is 1. The molecule has 1 rings (SSSR count). The Labute approximate surface area is 109 Å². The number of nitrogens with zero attached hydrogens (tertiary/aromatic N) is 1. The molecule has 0 fully saturated rings. The Balaban J connectivity index is 2.63. The molecule has 0 aromatic heterocycles. The van der Waals surface area contributed by atoms with Crippen LogP contribution in [0.1, 0.15) is 12.5 Å². The van der Waals surface area contributed by atoms with E-state index in [0.29, 0.717) is 17.1 Å². The quantitative estimate of drug-likeness (QED) is 0.606. The average Bonchev–Trinajstić information content (AvgIpc) is 2.29. The Morgan fingerprint density at radius 1 is 1.50 bits per heavy atom. The van der Waals surface area contributed by atoms with Gasteiger partial charge < -0.3 is 10.6 Å². The molecular formula is C11H14ClN3O3. The van der Waals surface area contributed by atoms with Gasteiger partial charge in [0.05, 0.1) is 11.5 Å². The normalized spacial score (nSPS) is 10.1. The Morgan fingerprint density at radius 2 is 2.22 bits per heavy atom. The second-order valence-electron chi connectivity index (χ2n) is 3.59. The average molecular weight is 272 g/mol. The summed E-state index contributed by atoms with van der Waals surface area (Å²) in [4.78, 5) is 21.5. The van der Waals surface area contributed by atoms with Crippen molar-refractivity contribution in [3.8, 4) is 0 Å². The SMILES string of the molecule is CCNC(=O)CNCc1cc(Cl)ccc1[N+](=O)[O-]. The Kier molecular flexibility index (Phi) is 5.54. The Bertz CT molecular complexity index is 451. The molecule has 0 heterocycles. The highest BCUT2D eigenvalue weighted by atomic mass is 35.5. The van der Waals surface area contributed by atoms with Crippen molar-refractivity contribution in [3.63, 3.8) is 0 Å². The maximum atomic E-state index is 11.2. The van der Waals surface area contributed by atoms with Crippen LogP contribution in [0.15, 0.2) is 18.2 Å². The van der Waals surface area contributed by atoms with Crippen LogP contribution in [0.5, 0.6) is 0 Å². The minimum Gasteiger partial charge on any atom is -0.355 e. The highest BCUT2D eigenvalue weighted by Gasteiger charge is 2.13. The molecule has 6 nitrogen and oxygen atoms in total. The molecule has 0 atom stereocenters. The van der Waals surface area contributed by atoms with Gasteiger partial charge in [-0.05, 0) is 19.1 Å². The molecule has 0 saturated heterocycles. The van der Waals surface area contributed by atoms with Crippen LogP contribution in [-0.2, 0) is 11.3 Å². The highest BCUT2D eigenvalue weighted by molar-refractivity contribution is 6.30. The number of nitro benzene ring substituents is 1. The van der Waals surface area contributed by atoms with Gasteiger partial charge in [0.2, 0.25) is 5.91 Å². The van der Waals surface area contributed by atoms with E-state index in [1.807, 2.05) is 6.92 Å². The Morgan fingerprint density at radius 3 is 2.83 bits per heavy atom. The minimum absolute atomic E-state index is 0.0113. The fraction of sp³-hybridized carbons (Fsp3) is 0.364. The van der Waals surface area contributed by atoms with Gasteiger partial charge in [0.25, 0.3) is 5.69 Å². The lowest BCUT2D eigenvalue weighted by molar-refractivity contribution is -0.385. The molecule has 0 bridgehead atoms. The summed E-state index contributed by atoms with van der Waals surface area (Å²) in [5.74, 6) is -0.151. The molecule has 0 aliphatic rings. The van der Waals surface area contributed by atoms with Gasteiger partial charge in [0.15, 0.2) is 0 Å². The second kappa shape index (κ2) is 6.93. The zero-order valence-electron chi connectivity index (χ0n) is 9.90. The first-order valence-electron chi connectivity index (χ1n) is 5.44. The van der Waals surface area contributed by atoms with Crippen LogP contribution in [0.25, 0.3) is 0 Å². The van der Waals surface area contributed by atoms with Gasteiger partial charge in [-0.3, -0.25) is 14.9 Å². The van der Waals surface area contributed by atoms with Crippen LogP contribution < -0.4 is 10.6 Å². The fourth-order valence-corrected chi connectivity index (χ4v) is 1.64. The molecule has 0 radical (unpaired) electrons. The third-order valence-corrected chi connectivity index (χ3v) is 2.45. The van der Waals surface area contributed by atoms with E-state index in [4.69, 9.17) is 11.6 Å². The zero-order chi connectivity index (χ0) is 13.5. The highest BCUT2D eigenvalue weighted by Crippen LogP contribution is 2.22. The van der Waals surface area contributed by atoms with Crippen molar-refractivity contribution in [2.24, 2.45) is 0 Å².